The lowest BCUT2D eigenvalue weighted by molar-refractivity contribution is -0.141. The van der Waals surface area contributed by atoms with Crippen LogP contribution in [-0.4, -0.2) is 47.0 Å². The molecule has 1 unspecified atom stereocenters. The largest absolute Gasteiger partial charge is 0.481 e. The molecule has 0 aliphatic heterocycles. The van der Waals surface area contributed by atoms with E-state index in [1.807, 2.05) is 30.3 Å². The zero-order chi connectivity index (χ0) is 21.9. The van der Waals surface area contributed by atoms with Gasteiger partial charge in [0.15, 0.2) is 5.13 Å². The average molecular weight is 470 g/mol. The molecular weight excluding hydrogens is 446 g/mol. The highest BCUT2D eigenvalue weighted by atomic mass is 35.5. The molecule has 1 aromatic heterocycles. The molecule has 31 heavy (non-hydrogen) atoms. The van der Waals surface area contributed by atoms with Gasteiger partial charge in [0, 0.05) is 18.5 Å². The van der Waals surface area contributed by atoms with Crippen LogP contribution in [0, 0.1) is 5.92 Å². The van der Waals surface area contributed by atoms with Crippen LogP contribution < -0.4 is 21.3 Å². The minimum atomic E-state index is -0.989. The van der Waals surface area contributed by atoms with Gasteiger partial charge < -0.3 is 21.1 Å². The molecule has 0 saturated carbocycles. The Bertz CT molecular complexity index is 893. The van der Waals surface area contributed by atoms with Crippen molar-refractivity contribution in [1.82, 2.24) is 20.9 Å². The summed E-state index contributed by atoms with van der Waals surface area (Å²) in [5, 5.41) is 20.7. The summed E-state index contributed by atoms with van der Waals surface area (Å²) in [5.74, 6) is -2.75. The van der Waals surface area contributed by atoms with Crippen molar-refractivity contribution in [2.75, 3.05) is 18.4 Å². The number of carbonyl (C=O) groups is 4. The second-order valence-corrected chi connectivity index (χ2v) is 7.12. The second kappa shape index (κ2) is 13.2. The van der Waals surface area contributed by atoms with Crippen LogP contribution in [-0.2, 0) is 16.1 Å². The first-order valence-corrected chi connectivity index (χ1v) is 10.1. The Labute approximate surface area is 189 Å². The molecule has 0 aliphatic rings. The summed E-state index contributed by atoms with van der Waals surface area (Å²) >= 11 is 1.07. The van der Waals surface area contributed by atoms with E-state index in [0.29, 0.717) is 13.0 Å². The van der Waals surface area contributed by atoms with Gasteiger partial charge in [-0.05, 0) is 12.0 Å². The summed E-state index contributed by atoms with van der Waals surface area (Å²) in [6, 6.07) is 8.93. The Morgan fingerprint density at radius 1 is 1.10 bits per heavy atom. The Kier molecular flexibility index (Phi) is 11.0. The molecule has 5 N–H and O–H groups in total. The number of nitrogens with one attached hydrogen (secondary N) is 4. The van der Waals surface area contributed by atoms with Crippen LogP contribution in [0.3, 0.4) is 0 Å². The van der Waals surface area contributed by atoms with Gasteiger partial charge in [-0.25, -0.2) is 9.78 Å². The second-order valence-electron chi connectivity index (χ2n) is 6.26. The highest BCUT2D eigenvalue weighted by Crippen LogP contribution is 2.15. The first kappa shape index (κ1) is 25.9. The number of benzene rings is 1. The summed E-state index contributed by atoms with van der Waals surface area (Å²) in [6.45, 7) is 1.74. The molecular formula is C19H24ClN5O5S. The Morgan fingerprint density at radius 2 is 1.81 bits per heavy atom. The summed E-state index contributed by atoms with van der Waals surface area (Å²) < 4.78 is 0. The van der Waals surface area contributed by atoms with Gasteiger partial charge >= 0.3 is 12.0 Å². The smallest absolute Gasteiger partial charge is 0.321 e. The van der Waals surface area contributed by atoms with Gasteiger partial charge in [0.1, 0.15) is 5.69 Å². The third-order valence-electron chi connectivity index (χ3n) is 4.05. The van der Waals surface area contributed by atoms with Gasteiger partial charge in [-0.2, -0.15) is 0 Å². The minimum absolute atomic E-state index is 0. The SMILES string of the molecule is CCC(CNC(=O)CNC(=O)c1csc(NC(=O)NCc2ccccc2)n1)C(=O)O.Cl. The predicted octanol–water partition coefficient (Wildman–Crippen LogP) is 1.84. The minimum Gasteiger partial charge on any atom is -0.481 e. The lowest BCUT2D eigenvalue weighted by Crippen LogP contribution is -2.40. The number of urea groups is 1. The van der Waals surface area contributed by atoms with Crippen LogP contribution in [0.2, 0.25) is 0 Å². The van der Waals surface area contributed by atoms with Crippen LogP contribution in [0.4, 0.5) is 9.93 Å². The molecule has 10 nitrogen and oxygen atoms in total. The van der Waals surface area contributed by atoms with Crippen LogP contribution in [0.25, 0.3) is 0 Å². The number of nitrogens with zero attached hydrogens (tertiary/aromatic N) is 1. The van der Waals surface area contributed by atoms with Gasteiger partial charge in [-0.1, -0.05) is 37.3 Å². The molecule has 2 rings (SSSR count). The molecule has 0 radical (unpaired) electrons. The van der Waals surface area contributed by atoms with Crippen LogP contribution in [0.1, 0.15) is 29.4 Å². The summed E-state index contributed by atoms with van der Waals surface area (Å²) in [4.78, 5) is 50.7. The number of aromatic nitrogens is 1. The fraction of sp³-hybridized carbons (Fsp3) is 0.316. The normalized spacial score (nSPS) is 10.9. The molecule has 0 saturated heterocycles. The van der Waals surface area contributed by atoms with Crippen LogP contribution in [0.5, 0.6) is 0 Å². The van der Waals surface area contributed by atoms with Gasteiger partial charge in [-0.3, -0.25) is 19.7 Å². The fourth-order valence-electron chi connectivity index (χ4n) is 2.31. The molecule has 0 spiro atoms. The molecule has 1 heterocycles. The van der Waals surface area contributed by atoms with E-state index in [9.17, 15) is 19.2 Å². The lowest BCUT2D eigenvalue weighted by atomic mass is 10.1. The van der Waals surface area contributed by atoms with Crippen LogP contribution >= 0.6 is 23.7 Å². The van der Waals surface area contributed by atoms with Crippen molar-refractivity contribution >= 4 is 52.7 Å². The molecule has 0 fully saturated rings. The number of halogens is 1. The lowest BCUT2D eigenvalue weighted by Gasteiger charge is -2.11. The summed E-state index contributed by atoms with van der Waals surface area (Å²) in [5.41, 5.74) is 1.00. The number of carboxylic acids is 1. The first-order chi connectivity index (χ1) is 14.4. The highest BCUT2D eigenvalue weighted by molar-refractivity contribution is 7.14. The number of carboxylic acid groups (broad SMARTS) is 1. The van der Waals surface area contributed by atoms with Crippen molar-refractivity contribution < 1.29 is 24.3 Å². The zero-order valence-corrected chi connectivity index (χ0v) is 18.3. The van der Waals surface area contributed by atoms with Crippen molar-refractivity contribution in [1.29, 1.82) is 0 Å². The van der Waals surface area contributed by atoms with E-state index in [2.05, 4.69) is 26.3 Å². The number of thiazole rings is 1. The number of hydrogen-bond donors (Lipinski definition) is 5. The Balaban J connectivity index is 0.00000480. The van der Waals surface area contributed by atoms with Crippen molar-refractivity contribution in [3.63, 3.8) is 0 Å². The maximum atomic E-state index is 12.1. The van der Waals surface area contributed by atoms with Gasteiger partial charge in [0.2, 0.25) is 5.91 Å². The molecule has 1 atom stereocenters. The van der Waals surface area contributed by atoms with E-state index in [0.717, 1.165) is 16.9 Å². The van der Waals surface area contributed by atoms with E-state index in [4.69, 9.17) is 5.11 Å². The highest BCUT2D eigenvalue weighted by Gasteiger charge is 2.17. The molecule has 4 amide bonds. The van der Waals surface area contributed by atoms with E-state index in [-0.39, 0.29) is 36.3 Å². The molecule has 0 bridgehead atoms. The van der Waals surface area contributed by atoms with Crippen LogP contribution in [0.15, 0.2) is 35.7 Å². The van der Waals surface area contributed by atoms with Crippen molar-refractivity contribution in [2.45, 2.75) is 19.9 Å². The summed E-state index contributed by atoms with van der Waals surface area (Å²) in [7, 11) is 0. The van der Waals surface area contributed by atoms with Gasteiger partial charge in [-0.15, -0.1) is 23.7 Å². The van der Waals surface area contributed by atoms with Gasteiger partial charge in [0.05, 0.1) is 12.5 Å². The van der Waals surface area contributed by atoms with E-state index in [1.165, 1.54) is 5.38 Å². The number of anilines is 1. The van der Waals surface area contributed by atoms with Crippen molar-refractivity contribution in [3.05, 3.63) is 47.0 Å². The number of rotatable bonds is 10. The molecule has 1 aromatic carbocycles. The first-order valence-electron chi connectivity index (χ1n) is 9.21. The number of aliphatic carboxylic acids is 1. The zero-order valence-electron chi connectivity index (χ0n) is 16.7. The fourth-order valence-corrected chi connectivity index (χ4v) is 3.00. The monoisotopic (exact) mass is 469 g/mol. The van der Waals surface area contributed by atoms with E-state index in [1.54, 1.807) is 6.92 Å². The summed E-state index contributed by atoms with van der Waals surface area (Å²) in [6.07, 6.45) is 0.384. The third-order valence-corrected chi connectivity index (χ3v) is 4.81. The standard InChI is InChI=1S/C19H23N5O5S.ClH/c1-2-13(17(27)28)9-20-15(25)10-21-16(26)14-11-30-19(23-14)24-18(29)22-8-12-6-4-3-5-7-12;/h3-7,11,13H,2,8-10H2,1H3,(H,20,25)(H,21,26)(H,27,28)(H2,22,23,24,29);1H. The quantitative estimate of drug-likeness (QED) is 0.358. The number of hydrogen-bond acceptors (Lipinski definition) is 6. The number of amides is 4. The van der Waals surface area contributed by atoms with Crippen molar-refractivity contribution in [2.24, 2.45) is 5.92 Å². The maximum absolute atomic E-state index is 12.1. The molecule has 168 valence electrons. The van der Waals surface area contributed by atoms with Crippen molar-refractivity contribution in [3.8, 4) is 0 Å². The van der Waals surface area contributed by atoms with E-state index < -0.39 is 29.7 Å². The molecule has 0 aliphatic carbocycles. The molecule has 2 aromatic rings. The molecule has 12 heteroatoms. The predicted molar refractivity (Wildman–Crippen MR) is 118 cm³/mol. The number of carbonyl (C=O) groups excluding carboxylic acids is 3. The van der Waals surface area contributed by atoms with Gasteiger partial charge in [0.25, 0.3) is 5.91 Å². The third kappa shape index (κ3) is 9.01. The maximum Gasteiger partial charge on any atom is 0.321 e. The average Bonchev–Trinajstić information content (AvgIpc) is 3.20. The Hall–Kier alpha value is -3.18. The van der Waals surface area contributed by atoms with E-state index >= 15 is 0 Å². The topological polar surface area (TPSA) is 150 Å². The Morgan fingerprint density at radius 3 is 2.45 bits per heavy atom.